The average molecular weight is 462 g/mol. The third kappa shape index (κ3) is 4.57. The standard InChI is InChI=1S/C24H24FN7O2/c1-24(27)12-33-23(34-13-24)22-31-19(14-4-6-16(25)7-5-14)20(32-22)17-8-10-29-21(30-17)18(26)15-3-2-9-28-11-15/h2-11,18,23H,12-13,26-27H2,1H3,(H,31,32). The number of pyridine rings is 1. The highest BCUT2D eigenvalue weighted by molar-refractivity contribution is 5.76. The fraction of sp³-hybridized carbons (Fsp3) is 0.250. The van der Waals surface area contributed by atoms with Crippen molar-refractivity contribution in [2.45, 2.75) is 24.8 Å². The number of nitrogens with one attached hydrogen (secondary N) is 1. The Morgan fingerprint density at radius 3 is 2.56 bits per heavy atom. The molecule has 4 heterocycles. The first kappa shape index (κ1) is 22.2. The highest BCUT2D eigenvalue weighted by Gasteiger charge is 2.32. The smallest absolute Gasteiger partial charge is 0.217 e. The molecule has 0 bridgehead atoms. The first-order valence-electron chi connectivity index (χ1n) is 10.8. The molecule has 1 atom stereocenters. The molecule has 34 heavy (non-hydrogen) atoms. The van der Waals surface area contributed by atoms with Crippen LogP contribution in [0.25, 0.3) is 22.6 Å². The predicted molar refractivity (Wildman–Crippen MR) is 123 cm³/mol. The minimum absolute atomic E-state index is 0.317. The molecule has 0 spiro atoms. The number of hydrogen-bond donors (Lipinski definition) is 3. The second-order valence-corrected chi connectivity index (χ2v) is 8.52. The molecule has 1 unspecified atom stereocenters. The molecule has 1 aliphatic heterocycles. The molecule has 1 aliphatic rings. The molecule has 5 rings (SSSR count). The Morgan fingerprint density at radius 2 is 1.85 bits per heavy atom. The Hall–Kier alpha value is -3.57. The van der Waals surface area contributed by atoms with Gasteiger partial charge < -0.3 is 25.9 Å². The lowest BCUT2D eigenvalue weighted by Crippen LogP contribution is -2.50. The van der Waals surface area contributed by atoms with Gasteiger partial charge in [0.1, 0.15) is 11.6 Å². The number of aromatic nitrogens is 5. The van der Waals surface area contributed by atoms with Crippen LogP contribution in [0.5, 0.6) is 0 Å². The summed E-state index contributed by atoms with van der Waals surface area (Å²) in [5.41, 5.74) is 15.2. The molecule has 1 saturated heterocycles. The molecule has 9 nitrogen and oxygen atoms in total. The van der Waals surface area contributed by atoms with Crippen LogP contribution in [0.15, 0.2) is 61.1 Å². The molecule has 5 N–H and O–H groups in total. The van der Waals surface area contributed by atoms with Gasteiger partial charge in [-0.15, -0.1) is 0 Å². The molecule has 174 valence electrons. The molecular weight excluding hydrogens is 437 g/mol. The molecule has 1 fully saturated rings. The summed E-state index contributed by atoms with van der Waals surface area (Å²) in [6.45, 7) is 2.49. The summed E-state index contributed by atoms with van der Waals surface area (Å²) in [6, 6.07) is 10.9. The molecule has 0 saturated carbocycles. The monoisotopic (exact) mass is 461 g/mol. The summed E-state index contributed by atoms with van der Waals surface area (Å²) in [6.07, 6.45) is 4.28. The van der Waals surface area contributed by atoms with E-state index in [1.165, 1.54) is 12.1 Å². The average Bonchev–Trinajstić information content (AvgIpc) is 3.30. The van der Waals surface area contributed by atoms with E-state index in [1.807, 2.05) is 19.1 Å². The number of rotatable bonds is 5. The minimum Gasteiger partial charge on any atom is -0.344 e. The predicted octanol–water partition coefficient (Wildman–Crippen LogP) is 2.88. The Labute approximate surface area is 195 Å². The maximum atomic E-state index is 13.6. The third-order valence-electron chi connectivity index (χ3n) is 5.44. The van der Waals surface area contributed by atoms with E-state index in [2.05, 4.69) is 15.0 Å². The second-order valence-electron chi connectivity index (χ2n) is 8.52. The molecular formula is C24H24FN7O2. The van der Waals surface area contributed by atoms with E-state index in [0.29, 0.717) is 47.5 Å². The van der Waals surface area contributed by atoms with Crippen LogP contribution >= 0.6 is 0 Å². The van der Waals surface area contributed by atoms with E-state index in [9.17, 15) is 4.39 Å². The Kier molecular flexibility index (Phi) is 5.88. The second kappa shape index (κ2) is 8.99. The van der Waals surface area contributed by atoms with Crippen LogP contribution < -0.4 is 11.5 Å². The largest absolute Gasteiger partial charge is 0.344 e. The van der Waals surface area contributed by atoms with Crippen LogP contribution in [0.4, 0.5) is 4.39 Å². The van der Waals surface area contributed by atoms with Gasteiger partial charge in [0, 0.05) is 24.2 Å². The molecule has 10 heteroatoms. The van der Waals surface area contributed by atoms with Crippen LogP contribution in [0.3, 0.4) is 0 Å². The molecule has 4 aromatic rings. The number of nitrogens with zero attached hydrogens (tertiary/aromatic N) is 4. The number of aromatic amines is 1. The van der Waals surface area contributed by atoms with Crippen molar-refractivity contribution in [2.75, 3.05) is 13.2 Å². The number of ether oxygens (including phenoxy) is 2. The van der Waals surface area contributed by atoms with Crippen molar-refractivity contribution in [3.63, 3.8) is 0 Å². The molecule has 1 aromatic carbocycles. The Morgan fingerprint density at radius 1 is 1.09 bits per heavy atom. The Balaban J connectivity index is 1.55. The van der Waals surface area contributed by atoms with Crippen molar-refractivity contribution in [1.29, 1.82) is 0 Å². The lowest BCUT2D eigenvalue weighted by Gasteiger charge is -2.33. The summed E-state index contributed by atoms with van der Waals surface area (Å²) in [5.74, 6) is 0.548. The highest BCUT2D eigenvalue weighted by atomic mass is 19.1. The fourth-order valence-electron chi connectivity index (χ4n) is 3.66. The van der Waals surface area contributed by atoms with Gasteiger partial charge in [-0.3, -0.25) is 4.98 Å². The van der Waals surface area contributed by atoms with Gasteiger partial charge in [0.15, 0.2) is 5.82 Å². The van der Waals surface area contributed by atoms with Crippen molar-refractivity contribution in [3.05, 3.63) is 84.1 Å². The van der Waals surface area contributed by atoms with Gasteiger partial charge in [0.25, 0.3) is 0 Å². The summed E-state index contributed by atoms with van der Waals surface area (Å²) in [5, 5.41) is 0. The van der Waals surface area contributed by atoms with Crippen molar-refractivity contribution >= 4 is 0 Å². The van der Waals surface area contributed by atoms with E-state index >= 15 is 0 Å². The number of benzene rings is 1. The van der Waals surface area contributed by atoms with Crippen molar-refractivity contribution in [3.8, 4) is 22.6 Å². The summed E-state index contributed by atoms with van der Waals surface area (Å²) >= 11 is 0. The summed E-state index contributed by atoms with van der Waals surface area (Å²) in [7, 11) is 0. The number of nitrogens with two attached hydrogens (primary N) is 2. The van der Waals surface area contributed by atoms with Gasteiger partial charge in [0.05, 0.1) is 41.9 Å². The SMILES string of the molecule is CC1(N)COC(c2nc(-c3ccc(F)cc3)c(-c3ccnc(C(N)c4cccnc4)n3)[nH]2)OC1. The maximum Gasteiger partial charge on any atom is 0.217 e. The summed E-state index contributed by atoms with van der Waals surface area (Å²) in [4.78, 5) is 21.2. The van der Waals surface area contributed by atoms with Crippen LogP contribution in [-0.2, 0) is 9.47 Å². The zero-order valence-corrected chi connectivity index (χ0v) is 18.5. The zero-order valence-electron chi connectivity index (χ0n) is 18.5. The number of halogens is 1. The van der Waals surface area contributed by atoms with Gasteiger partial charge in [-0.05, 0) is 48.9 Å². The number of H-pyrrole nitrogens is 1. The van der Waals surface area contributed by atoms with Gasteiger partial charge in [0.2, 0.25) is 6.29 Å². The van der Waals surface area contributed by atoms with Gasteiger partial charge in [-0.25, -0.2) is 19.3 Å². The minimum atomic E-state index is -0.719. The van der Waals surface area contributed by atoms with Crippen molar-refractivity contribution in [1.82, 2.24) is 24.9 Å². The van der Waals surface area contributed by atoms with Gasteiger partial charge in [-0.1, -0.05) is 6.07 Å². The molecule has 0 amide bonds. The quantitative estimate of drug-likeness (QED) is 0.412. The van der Waals surface area contributed by atoms with Crippen LogP contribution in [0.1, 0.15) is 36.5 Å². The lowest BCUT2D eigenvalue weighted by atomic mass is 10.1. The molecule has 3 aromatic heterocycles. The van der Waals surface area contributed by atoms with Gasteiger partial charge >= 0.3 is 0 Å². The third-order valence-corrected chi connectivity index (χ3v) is 5.44. The first-order chi connectivity index (χ1) is 16.4. The highest BCUT2D eigenvalue weighted by Crippen LogP contribution is 2.33. The van der Waals surface area contributed by atoms with Crippen LogP contribution in [0.2, 0.25) is 0 Å². The summed E-state index contributed by atoms with van der Waals surface area (Å²) < 4.78 is 25.2. The zero-order chi connectivity index (χ0) is 23.7. The molecule has 0 radical (unpaired) electrons. The Bertz CT molecular complexity index is 1270. The fourth-order valence-corrected chi connectivity index (χ4v) is 3.66. The van der Waals surface area contributed by atoms with E-state index in [1.54, 1.807) is 36.8 Å². The number of hydrogen-bond acceptors (Lipinski definition) is 8. The van der Waals surface area contributed by atoms with E-state index in [0.717, 1.165) is 5.56 Å². The lowest BCUT2D eigenvalue weighted by molar-refractivity contribution is -0.211. The molecule has 0 aliphatic carbocycles. The van der Waals surface area contributed by atoms with Crippen LogP contribution in [-0.4, -0.2) is 43.7 Å². The topological polar surface area (TPSA) is 138 Å². The van der Waals surface area contributed by atoms with E-state index < -0.39 is 17.9 Å². The number of imidazole rings is 1. The van der Waals surface area contributed by atoms with Gasteiger partial charge in [-0.2, -0.15) is 0 Å². The van der Waals surface area contributed by atoms with Crippen molar-refractivity contribution in [2.24, 2.45) is 11.5 Å². The first-order valence-corrected chi connectivity index (χ1v) is 10.8. The maximum absolute atomic E-state index is 13.6. The normalized spacial score (nSPS) is 21.4. The van der Waals surface area contributed by atoms with E-state index in [-0.39, 0.29) is 5.82 Å². The van der Waals surface area contributed by atoms with E-state index in [4.69, 9.17) is 30.9 Å². The van der Waals surface area contributed by atoms with Crippen molar-refractivity contribution < 1.29 is 13.9 Å². The van der Waals surface area contributed by atoms with Crippen LogP contribution in [0, 0.1) is 5.82 Å².